The van der Waals surface area contributed by atoms with Crippen LogP contribution in [0.25, 0.3) is 0 Å². The number of carboxylic acid groups (broad SMARTS) is 1. The van der Waals surface area contributed by atoms with E-state index in [-0.39, 0.29) is 18.7 Å². The van der Waals surface area contributed by atoms with E-state index in [2.05, 4.69) is 10.1 Å². The highest BCUT2D eigenvalue weighted by molar-refractivity contribution is 5.89. The number of hydrogen-bond donors (Lipinski definition) is 3. The summed E-state index contributed by atoms with van der Waals surface area (Å²) in [7, 11) is 0. The van der Waals surface area contributed by atoms with E-state index in [1.54, 1.807) is 0 Å². The number of urea groups is 1. The van der Waals surface area contributed by atoms with Gasteiger partial charge in [-0.05, 0) is 18.6 Å². The summed E-state index contributed by atoms with van der Waals surface area (Å²) in [6.07, 6.45) is 0. The number of aryl methyl sites for hydroxylation is 1. The fourth-order valence-electron chi connectivity index (χ4n) is 1.33. The highest BCUT2D eigenvalue weighted by Crippen LogP contribution is 2.21. The van der Waals surface area contributed by atoms with Gasteiger partial charge in [0.15, 0.2) is 5.82 Å². The molecule has 0 saturated heterocycles. The van der Waals surface area contributed by atoms with Gasteiger partial charge in [0.05, 0.1) is 6.61 Å². The first-order valence-corrected chi connectivity index (χ1v) is 5.70. The molecule has 6 nitrogen and oxygen atoms in total. The number of nitrogens with one attached hydrogen (secondary N) is 2. The minimum atomic E-state index is -1.13. The molecule has 0 aliphatic carbocycles. The third-order valence-electron chi connectivity index (χ3n) is 2.28. The Morgan fingerprint density at radius 1 is 1.35 bits per heavy atom. The molecule has 0 spiro atoms. The predicted molar refractivity (Wildman–Crippen MR) is 66.6 cm³/mol. The molecule has 0 radical (unpaired) electrons. The lowest BCUT2D eigenvalue weighted by atomic mass is 10.2. The zero-order valence-corrected chi connectivity index (χ0v) is 10.7. The molecule has 3 N–H and O–H groups in total. The smallest absolute Gasteiger partial charge is 0.329 e. The van der Waals surface area contributed by atoms with Crippen molar-refractivity contribution < 1.29 is 28.2 Å². The van der Waals surface area contributed by atoms with E-state index in [1.165, 1.54) is 13.0 Å². The number of halogens is 2. The molecule has 0 unspecified atom stereocenters. The van der Waals surface area contributed by atoms with Crippen molar-refractivity contribution in [3.8, 4) is 0 Å². The lowest BCUT2D eigenvalue weighted by Gasteiger charge is -2.10. The van der Waals surface area contributed by atoms with Gasteiger partial charge < -0.3 is 20.5 Å². The van der Waals surface area contributed by atoms with Crippen LogP contribution in [0.5, 0.6) is 0 Å². The van der Waals surface area contributed by atoms with Crippen LogP contribution in [0.4, 0.5) is 19.3 Å². The van der Waals surface area contributed by atoms with Crippen LogP contribution in [0.15, 0.2) is 12.1 Å². The van der Waals surface area contributed by atoms with Crippen LogP contribution in [0, 0.1) is 18.6 Å². The molecule has 0 heterocycles. The number of aliphatic carboxylic acids is 1. The number of benzene rings is 1. The summed E-state index contributed by atoms with van der Waals surface area (Å²) in [5.74, 6) is -2.86. The van der Waals surface area contributed by atoms with E-state index < -0.39 is 35.9 Å². The van der Waals surface area contributed by atoms with E-state index >= 15 is 0 Å². The first-order chi connectivity index (χ1) is 9.41. The molecule has 20 heavy (non-hydrogen) atoms. The van der Waals surface area contributed by atoms with Crippen molar-refractivity contribution in [1.82, 2.24) is 5.32 Å². The SMILES string of the molecule is Cc1ccc(F)c(NC(=O)NCCOCC(=O)O)c1F. The minimum Gasteiger partial charge on any atom is -0.480 e. The molecular weight excluding hydrogens is 274 g/mol. The van der Waals surface area contributed by atoms with Crippen LogP contribution in [-0.2, 0) is 9.53 Å². The zero-order chi connectivity index (χ0) is 15.1. The van der Waals surface area contributed by atoms with Crippen LogP contribution < -0.4 is 10.6 Å². The Morgan fingerprint density at radius 2 is 2.05 bits per heavy atom. The number of anilines is 1. The number of carboxylic acids is 1. The van der Waals surface area contributed by atoms with Crippen LogP contribution in [0.2, 0.25) is 0 Å². The van der Waals surface area contributed by atoms with Gasteiger partial charge in [-0.25, -0.2) is 18.4 Å². The minimum absolute atomic E-state index is 0.00810. The van der Waals surface area contributed by atoms with Gasteiger partial charge in [-0.15, -0.1) is 0 Å². The van der Waals surface area contributed by atoms with Gasteiger partial charge >= 0.3 is 12.0 Å². The lowest BCUT2D eigenvalue weighted by Crippen LogP contribution is -2.32. The third-order valence-corrected chi connectivity index (χ3v) is 2.28. The molecule has 0 aliphatic rings. The maximum Gasteiger partial charge on any atom is 0.329 e. The summed E-state index contributed by atoms with van der Waals surface area (Å²) in [5, 5.41) is 12.6. The van der Waals surface area contributed by atoms with Crippen molar-refractivity contribution >= 4 is 17.7 Å². The van der Waals surface area contributed by atoms with Gasteiger partial charge in [0.1, 0.15) is 18.1 Å². The van der Waals surface area contributed by atoms with Crippen molar-refractivity contribution in [2.24, 2.45) is 0 Å². The molecule has 0 atom stereocenters. The van der Waals surface area contributed by atoms with Gasteiger partial charge in [0.2, 0.25) is 0 Å². The molecule has 110 valence electrons. The van der Waals surface area contributed by atoms with Crippen molar-refractivity contribution in [2.75, 3.05) is 25.1 Å². The summed E-state index contributed by atoms with van der Waals surface area (Å²) >= 11 is 0. The summed E-state index contributed by atoms with van der Waals surface area (Å²) in [4.78, 5) is 21.5. The van der Waals surface area contributed by atoms with Gasteiger partial charge in [-0.3, -0.25) is 0 Å². The van der Waals surface area contributed by atoms with Crippen molar-refractivity contribution in [3.63, 3.8) is 0 Å². The van der Waals surface area contributed by atoms with E-state index in [0.29, 0.717) is 0 Å². The maximum absolute atomic E-state index is 13.6. The molecule has 1 aromatic carbocycles. The first-order valence-electron chi connectivity index (χ1n) is 5.70. The predicted octanol–water partition coefficient (Wildman–Crippen LogP) is 1.50. The van der Waals surface area contributed by atoms with Crippen LogP contribution in [0.3, 0.4) is 0 Å². The molecule has 1 rings (SSSR count). The summed E-state index contributed by atoms with van der Waals surface area (Å²) < 4.78 is 31.6. The highest BCUT2D eigenvalue weighted by atomic mass is 19.1. The molecule has 0 aliphatic heterocycles. The Kier molecular flexibility index (Phi) is 5.85. The second kappa shape index (κ2) is 7.39. The molecule has 8 heteroatoms. The topological polar surface area (TPSA) is 87.7 Å². The van der Waals surface area contributed by atoms with Gasteiger partial charge in [-0.1, -0.05) is 6.07 Å². The highest BCUT2D eigenvalue weighted by Gasteiger charge is 2.13. The second-order valence-corrected chi connectivity index (χ2v) is 3.88. The largest absolute Gasteiger partial charge is 0.480 e. The normalized spacial score (nSPS) is 10.2. The number of hydrogen-bond acceptors (Lipinski definition) is 3. The Morgan fingerprint density at radius 3 is 2.70 bits per heavy atom. The molecular formula is C12H14F2N2O4. The van der Waals surface area contributed by atoms with Gasteiger partial charge in [0, 0.05) is 6.54 Å². The Bertz CT molecular complexity index is 508. The molecule has 0 fully saturated rings. The quantitative estimate of drug-likeness (QED) is 0.692. The zero-order valence-electron chi connectivity index (χ0n) is 10.7. The Hall–Kier alpha value is -2.22. The van der Waals surface area contributed by atoms with E-state index in [0.717, 1.165) is 6.07 Å². The second-order valence-electron chi connectivity index (χ2n) is 3.88. The maximum atomic E-state index is 13.6. The summed E-state index contributed by atoms with van der Waals surface area (Å²) in [6, 6.07) is 1.49. The van der Waals surface area contributed by atoms with Crippen molar-refractivity contribution in [3.05, 3.63) is 29.3 Å². The van der Waals surface area contributed by atoms with E-state index in [9.17, 15) is 18.4 Å². The third kappa shape index (κ3) is 4.81. The number of carbonyl (C=O) groups excluding carboxylic acids is 1. The molecule has 0 saturated carbocycles. The first kappa shape index (κ1) is 15.8. The van der Waals surface area contributed by atoms with Crippen molar-refractivity contribution in [2.45, 2.75) is 6.92 Å². The van der Waals surface area contributed by atoms with Crippen LogP contribution in [-0.4, -0.2) is 36.9 Å². The fourth-order valence-corrected chi connectivity index (χ4v) is 1.33. The lowest BCUT2D eigenvalue weighted by molar-refractivity contribution is -0.142. The molecule has 0 bridgehead atoms. The number of carbonyl (C=O) groups is 2. The van der Waals surface area contributed by atoms with Crippen molar-refractivity contribution in [1.29, 1.82) is 0 Å². The van der Waals surface area contributed by atoms with Crippen LogP contribution in [0.1, 0.15) is 5.56 Å². The van der Waals surface area contributed by atoms with E-state index in [4.69, 9.17) is 5.11 Å². The summed E-state index contributed by atoms with van der Waals surface area (Å²) in [6.45, 7) is 0.939. The monoisotopic (exact) mass is 288 g/mol. The fraction of sp³-hybridized carbons (Fsp3) is 0.333. The standard InChI is InChI=1S/C12H14F2N2O4/c1-7-2-3-8(13)11(10(7)14)16-12(19)15-4-5-20-6-9(17)18/h2-3H,4-6H2,1H3,(H,17,18)(H2,15,16,19). The Balaban J connectivity index is 2.43. The van der Waals surface area contributed by atoms with Gasteiger partial charge in [0.25, 0.3) is 0 Å². The van der Waals surface area contributed by atoms with Gasteiger partial charge in [-0.2, -0.15) is 0 Å². The number of amides is 2. The number of rotatable bonds is 6. The molecule has 1 aromatic rings. The molecule has 0 aromatic heterocycles. The average Bonchev–Trinajstić information content (AvgIpc) is 2.38. The van der Waals surface area contributed by atoms with Crippen LogP contribution >= 0.6 is 0 Å². The summed E-state index contributed by atoms with van der Waals surface area (Å²) in [5.41, 5.74) is -0.333. The molecule has 2 amide bonds. The average molecular weight is 288 g/mol. The Labute approximate surface area is 113 Å². The van der Waals surface area contributed by atoms with E-state index in [1.807, 2.05) is 5.32 Å². The number of ether oxygens (including phenoxy) is 1.